The van der Waals surface area contributed by atoms with Gasteiger partial charge < -0.3 is 19.2 Å². The molecule has 0 aliphatic rings. The fourth-order valence-electron chi connectivity index (χ4n) is 2.48. The highest BCUT2D eigenvalue weighted by atomic mass is 16.7. The number of amides is 1. The molecule has 0 aliphatic heterocycles. The van der Waals surface area contributed by atoms with E-state index in [1.807, 2.05) is 0 Å². The number of benzene rings is 2. The highest BCUT2D eigenvalue weighted by Gasteiger charge is 2.28. The van der Waals surface area contributed by atoms with E-state index in [2.05, 4.69) is 5.32 Å². The van der Waals surface area contributed by atoms with E-state index < -0.39 is 28.8 Å². The lowest BCUT2D eigenvalue weighted by molar-refractivity contribution is -0.402. The first-order valence-corrected chi connectivity index (χ1v) is 8.43. The van der Waals surface area contributed by atoms with Crippen LogP contribution in [0.1, 0.15) is 22.2 Å². The number of furan rings is 1. The van der Waals surface area contributed by atoms with E-state index in [1.54, 1.807) is 54.6 Å². The molecule has 0 spiro atoms. The molecule has 3 rings (SSSR count). The van der Waals surface area contributed by atoms with Gasteiger partial charge >= 0.3 is 11.9 Å². The Kier molecular flexibility index (Phi) is 5.88. The first-order chi connectivity index (χ1) is 14.0. The van der Waals surface area contributed by atoms with E-state index in [0.717, 1.165) is 12.1 Å². The summed E-state index contributed by atoms with van der Waals surface area (Å²) in [6, 6.07) is 17.1. The number of nitrogens with zero attached hydrogens (tertiary/aromatic N) is 1. The van der Waals surface area contributed by atoms with Crippen molar-refractivity contribution < 1.29 is 28.4 Å². The van der Waals surface area contributed by atoms with Crippen LogP contribution in [0.25, 0.3) is 0 Å². The van der Waals surface area contributed by atoms with E-state index in [0.29, 0.717) is 17.0 Å². The number of ether oxygens (including phenoxy) is 2. The van der Waals surface area contributed by atoms with Crippen LogP contribution in [-0.4, -0.2) is 23.9 Å². The fourth-order valence-corrected chi connectivity index (χ4v) is 2.48. The smallest absolute Gasteiger partial charge is 0.433 e. The first kappa shape index (κ1) is 19.6. The number of nitrogens with one attached hydrogen (secondary N) is 1. The zero-order chi connectivity index (χ0) is 20.8. The minimum atomic E-state index is -1.30. The van der Waals surface area contributed by atoms with Crippen LogP contribution in [0, 0.1) is 10.1 Å². The van der Waals surface area contributed by atoms with Gasteiger partial charge in [0.2, 0.25) is 11.9 Å². The Hall–Kier alpha value is -4.14. The number of nitro groups is 1. The number of carbonyl (C=O) groups excluding carboxylic acids is 2. The van der Waals surface area contributed by atoms with Gasteiger partial charge in [-0.05, 0) is 30.3 Å². The van der Waals surface area contributed by atoms with Crippen LogP contribution in [0.15, 0.2) is 71.1 Å². The van der Waals surface area contributed by atoms with E-state index in [9.17, 15) is 19.7 Å². The molecule has 0 radical (unpaired) electrons. The summed E-state index contributed by atoms with van der Waals surface area (Å²) in [5.41, 5.74) is 0.898. The van der Waals surface area contributed by atoms with Crippen molar-refractivity contribution in [1.82, 2.24) is 0 Å². The molecule has 9 heteroatoms. The van der Waals surface area contributed by atoms with E-state index >= 15 is 0 Å². The maximum Gasteiger partial charge on any atom is 0.433 e. The van der Waals surface area contributed by atoms with E-state index in [4.69, 9.17) is 13.9 Å². The molecular weight excluding hydrogens is 380 g/mol. The molecule has 0 saturated carbocycles. The molecule has 1 heterocycles. The average molecular weight is 396 g/mol. The summed E-state index contributed by atoms with van der Waals surface area (Å²) in [5.74, 6) is -1.97. The number of carbonyl (C=O) groups is 2. The maximum absolute atomic E-state index is 12.8. The second kappa shape index (κ2) is 8.70. The summed E-state index contributed by atoms with van der Waals surface area (Å²) in [6.45, 7) is 0. The number of rotatable bonds is 7. The lowest BCUT2D eigenvalue weighted by Gasteiger charge is -2.17. The van der Waals surface area contributed by atoms with Crippen molar-refractivity contribution >= 4 is 23.4 Å². The fraction of sp³-hybridized carbons (Fsp3) is 0.100. The largest absolute Gasteiger partial charge is 0.497 e. The van der Waals surface area contributed by atoms with Crippen molar-refractivity contribution in [1.29, 1.82) is 0 Å². The Morgan fingerprint density at radius 1 is 1.03 bits per heavy atom. The average Bonchev–Trinajstić information content (AvgIpc) is 3.24. The second-order valence-corrected chi connectivity index (χ2v) is 5.81. The Balaban J connectivity index is 1.81. The van der Waals surface area contributed by atoms with Gasteiger partial charge in [-0.15, -0.1) is 0 Å². The van der Waals surface area contributed by atoms with Crippen molar-refractivity contribution in [2.45, 2.75) is 6.10 Å². The minimum absolute atomic E-state index is 0.380. The van der Waals surface area contributed by atoms with Crippen molar-refractivity contribution in [3.05, 3.63) is 88.2 Å². The lowest BCUT2D eigenvalue weighted by Crippen LogP contribution is -2.25. The zero-order valence-corrected chi connectivity index (χ0v) is 15.2. The molecule has 1 aromatic heterocycles. The number of esters is 1. The molecule has 148 valence electrons. The summed E-state index contributed by atoms with van der Waals surface area (Å²) < 4.78 is 15.2. The van der Waals surface area contributed by atoms with Gasteiger partial charge in [0.1, 0.15) is 10.7 Å². The Labute approximate surface area is 165 Å². The summed E-state index contributed by atoms with van der Waals surface area (Å²) in [4.78, 5) is 35.1. The molecule has 9 nitrogen and oxygen atoms in total. The predicted molar refractivity (Wildman–Crippen MR) is 102 cm³/mol. The molecule has 3 aromatic rings. The third-order valence-corrected chi connectivity index (χ3v) is 3.90. The molecule has 1 N–H and O–H groups in total. The van der Waals surface area contributed by atoms with Crippen LogP contribution in [0.4, 0.5) is 11.6 Å². The monoisotopic (exact) mass is 396 g/mol. The highest BCUT2D eigenvalue weighted by molar-refractivity contribution is 5.97. The normalized spacial score (nSPS) is 11.3. The summed E-state index contributed by atoms with van der Waals surface area (Å²) >= 11 is 0. The van der Waals surface area contributed by atoms with Crippen LogP contribution >= 0.6 is 0 Å². The first-order valence-electron chi connectivity index (χ1n) is 8.43. The van der Waals surface area contributed by atoms with E-state index in [-0.39, 0.29) is 5.76 Å². The van der Waals surface area contributed by atoms with Gasteiger partial charge in [0.15, 0.2) is 0 Å². The van der Waals surface area contributed by atoms with Gasteiger partial charge in [-0.3, -0.25) is 14.9 Å². The molecular formula is C20H16N2O7. The van der Waals surface area contributed by atoms with E-state index in [1.165, 1.54) is 7.11 Å². The molecule has 1 amide bonds. The number of anilines is 1. The van der Waals surface area contributed by atoms with Gasteiger partial charge in [-0.2, -0.15) is 0 Å². The van der Waals surface area contributed by atoms with Crippen molar-refractivity contribution in [2.75, 3.05) is 12.4 Å². The molecule has 0 saturated heterocycles. The molecule has 2 aromatic carbocycles. The Bertz CT molecular complexity index is 1010. The maximum atomic E-state index is 12.8. The minimum Gasteiger partial charge on any atom is -0.497 e. The van der Waals surface area contributed by atoms with Crippen LogP contribution in [-0.2, 0) is 9.53 Å². The number of hydrogen-bond donors (Lipinski definition) is 1. The molecule has 1 unspecified atom stereocenters. The second-order valence-electron chi connectivity index (χ2n) is 5.81. The third kappa shape index (κ3) is 4.78. The van der Waals surface area contributed by atoms with Gasteiger partial charge in [-0.1, -0.05) is 30.3 Å². The van der Waals surface area contributed by atoms with Gasteiger partial charge in [-0.25, -0.2) is 4.79 Å². The Morgan fingerprint density at radius 2 is 1.72 bits per heavy atom. The van der Waals surface area contributed by atoms with Crippen molar-refractivity contribution in [3.8, 4) is 5.75 Å². The predicted octanol–water partition coefficient (Wildman–Crippen LogP) is 3.73. The zero-order valence-electron chi connectivity index (χ0n) is 15.2. The van der Waals surface area contributed by atoms with Crippen LogP contribution < -0.4 is 10.1 Å². The quantitative estimate of drug-likeness (QED) is 0.367. The Morgan fingerprint density at radius 3 is 2.31 bits per heavy atom. The number of hydrogen-bond acceptors (Lipinski definition) is 7. The van der Waals surface area contributed by atoms with Crippen molar-refractivity contribution in [3.63, 3.8) is 0 Å². The topological polar surface area (TPSA) is 121 Å². The van der Waals surface area contributed by atoms with Crippen LogP contribution in [0.5, 0.6) is 5.75 Å². The van der Waals surface area contributed by atoms with Gasteiger partial charge in [0.05, 0.1) is 13.2 Å². The van der Waals surface area contributed by atoms with Crippen LogP contribution in [0.2, 0.25) is 0 Å². The lowest BCUT2D eigenvalue weighted by atomic mass is 10.1. The SMILES string of the molecule is COc1ccc(NC(=O)C(OC(=O)c2ccc([N+](=O)[O-])o2)c2ccccc2)cc1. The summed E-state index contributed by atoms with van der Waals surface area (Å²) in [6.07, 6.45) is -1.30. The number of methoxy groups -OCH3 is 1. The summed E-state index contributed by atoms with van der Waals surface area (Å²) in [7, 11) is 1.53. The molecule has 0 bridgehead atoms. The summed E-state index contributed by atoms with van der Waals surface area (Å²) in [5, 5.41) is 13.4. The standard InChI is InChI=1S/C20H16N2O7/c1-27-15-9-7-14(8-10-15)21-19(23)18(13-5-3-2-4-6-13)29-20(24)16-11-12-17(28-16)22(25)26/h2-12,18H,1H3,(H,21,23). The third-order valence-electron chi connectivity index (χ3n) is 3.90. The molecule has 29 heavy (non-hydrogen) atoms. The molecule has 1 atom stereocenters. The van der Waals surface area contributed by atoms with Crippen molar-refractivity contribution in [2.24, 2.45) is 0 Å². The van der Waals surface area contributed by atoms with Gasteiger partial charge in [0, 0.05) is 11.3 Å². The van der Waals surface area contributed by atoms with Crippen LogP contribution in [0.3, 0.4) is 0 Å². The van der Waals surface area contributed by atoms with Gasteiger partial charge in [0.25, 0.3) is 5.91 Å². The molecule has 0 aliphatic carbocycles. The highest BCUT2D eigenvalue weighted by Crippen LogP contribution is 2.24. The molecule has 0 fully saturated rings.